The Kier molecular flexibility index (Phi) is 1.81. The minimum absolute atomic E-state index is 0.256. The third-order valence-corrected chi connectivity index (χ3v) is 2.99. The minimum Gasteiger partial charge on any atom is -0.506 e. The smallest absolute Gasteiger partial charge is 0.151 e. The first kappa shape index (κ1) is 8.26. The van der Waals surface area contributed by atoms with E-state index in [9.17, 15) is 9.90 Å². The fourth-order valence-electron chi connectivity index (χ4n) is 1.39. The van der Waals surface area contributed by atoms with Crippen LogP contribution in [0.3, 0.4) is 0 Å². The number of carbonyl (C=O) groups excluding carboxylic acids is 1. The Morgan fingerprint density at radius 1 is 1.46 bits per heavy atom. The minimum atomic E-state index is 0.256. The van der Waals surface area contributed by atoms with Crippen LogP contribution in [0.25, 0.3) is 10.1 Å². The Hall–Kier alpha value is -1.35. The van der Waals surface area contributed by atoms with Crippen molar-refractivity contribution in [1.29, 1.82) is 0 Å². The van der Waals surface area contributed by atoms with Gasteiger partial charge in [0.05, 0.1) is 0 Å². The van der Waals surface area contributed by atoms with Crippen molar-refractivity contribution >= 4 is 27.7 Å². The Morgan fingerprint density at radius 3 is 2.92 bits per heavy atom. The monoisotopic (exact) mass is 192 g/mol. The van der Waals surface area contributed by atoms with E-state index in [1.54, 1.807) is 5.38 Å². The van der Waals surface area contributed by atoms with Crippen molar-refractivity contribution in [1.82, 2.24) is 0 Å². The van der Waals surface area contributed by atoms with Crippen LogP contribution in [0.1, 0.15) is 15.9 Å². The number of carbonyl (C=O) groups is 1. The van der Waals surface area contributed by atoms with Crippen LogP contribution in [0.5, 0.6) is 5.75 Å². The molecule has 0 unspecified atom stereocenters. The molecule has 66 valence electrons. The maximum absolute atomic E-state index is 10.7. The lowest BCUT2D eigenvalue weighted by Crippen LogP contribution is -1.81. The highest BCUT2D eigenvalue weighted by molar-refractivity contribution is 7.18. The van der Waals surface area contributed by atoms with Gasteiger partial charge < -0.3 is 5.11 Å². The lowest BCUT2D eigenvalue weighted by atomic mass is 10.1. The average Bonchev–Trinajstić information content (AvgIpc) is 2.47. The SMILES string of the molecule is Cc1cc(C=O)c2scc(O)c2c1. The van der Waals surface area contributed by atoms with Gasteiger partial charge in [-0.15, -0.1) is 11.3 Å². The highest BCUT2D eigenvalue weighted by Gasteiger charge is 2.07. The van der Waals surface area contributed by atoms with Crippen molar-refractivity contribution in [2.24, 2.45) is 0 Å². The molecule has 0 amide bonds. The summed E-state index contributed by atoms with van der Waals surface area (Å²) >= 11 is 1.39. The third-order valence-electron chi connectivity index (χ3n) is 1.95. The van der Waals surface area contributed by atoms with Gasteiger partial charge in [-0.3, -0.25) is 4.79 Å². The van der Waals surface area contributed by atoms with Gasteiger partial charge in [-0.25, -0.2) is 0 Å². The van der Waals surface area contributed by atoms with E-state index >= 15 is 0 Å². The number of aryl methyl sites for hydroxylation is 1. The zero-order valence-electron chi connectivity index (χ0n) is 7.07. The van der Waals surface area contributed by atoms with E-state index in [2.05, 4.69) is 0 Å². The number of rotatable bonds is 1. The quantitative estimate of drug-likeness (QED) is 0.705. The average molecular weight is 192 g/mol. The molecule has 1 aromatic heterocycles. The second-order valence-electron chi connectivity index (χ2n) is 2.97. The van der Waals surface area contributed by atoms with Crippen LogP contribution in [0, 0.1) is 6.92 Å². The molecule has 2 aromatic rings. The lowest BCUT2D eigenvalue weighted by Gasteiger charge is -1.97. The fraction of sp³-hybridized carbons (Fsp3) is 0.100. The molecule has 0 saturated heterocycles. The number of benzene rings is 1. The van der Waals surface area contributed by atoms with Crippen molar-refractivity contribution in [2.75, 3.05) is 0 Å². The van der Waals surface area contributed by atoms with E-state index in [1.807, 2.05) is 19.1 Å². The molecule has 0 radical (unpaired) electrons. The fourth-order valence-corrected chi connectivity index (χ4v) is 2.28. The molecule has 0 aliphatic carbocycles. The van der Waals surface area contributed by atoms with Crippen molar-refractivity contribution in [3.05, 3.63) is 28.6 Å². The highest BCUT2D eigenvalue weighted by atomic mass is 32.1. The predicted octanol–water partition coefficient (Wildman–Crippen LogP) is 2.73. The molecule has 1 heterocycles. The predicted molar refractivity (Wildman–Crippen MR) is 53.6 cm³/mol. The van der Waals surface area contributed by atoms with Crippen LogP contribution < -0.4 is 0 Å². The third kappa shape index (κ3) is 1.21. The molecule has 13 heavy (non-hydrogen) atoms. The van der Waals surface area contributed by atoms with Crippen molar-refractivity contribution in [2.45, 2.75) is 6.92 Å². The summed E-state index contributed by atoms with van der Waals surface area (Å²) in [7, 11) is 0. The summed E-state index contributed by atoms with van der Waals surface area (Å²) in [5.41, 5.74) is 1.64. The van der Waals surface area contributed by atoms with Crippen LogP contribution in [0.4, 0.5) is 0 Å². The van der Waals surface area contributed by atoms with Gasteiger partial charge in [-0.05, 0) is 24.6 Å². The van der Waals surface area contributed by atoms with E-state index in [1.165, 1.54) is 11.3 Å². The molecule has 0 fully saturated rings. The largest absolute Gasteiger partial charge is 0.506 e. The summed E-state index contributed by atoms with van der Waals surface area (Å²) in [5, 5.41) is 11.9. The normalized spacial score (nSPS) is 10.5. The molecule has 1 N–H and O–H groups in total. The number of fused-ring (bicyclic) bond motifs is 1. The van der Waals surface area contributed by atoms with Crippen LogP contribution in [-0.2, 0) is 0 Å². The number of hydrogen-bond acceptors (Lipinski definition) is 3. The van der Waals surface area contributed by atoms with E-state index < -0.39 is 0 Å². The van der Waals surface area contributed by atoms with Crippen LogP contribution in [-0.4, -0.2) is 11.4 Å². The number of thiophene rings is 1. The summed E-state index contributed by atoms with van der Waals surface area (Å²) in [5.74, 6) is 0.256. The van der Waals surface area contributed by atoms with Crippen LogP contribution >= 0.6 is 11.3 Å². The van der Waals surface area contributed by atoms with Gasteiger partial charge in [0.15, 0.2) is 6.29 Å². The molecule has 0 aliphatic rings. The molecule has 1 aromatic carbocycles. The van der Waals surface area contributed by atoms with Gasteiger partial charge in [0.25, 0.3) is 0 Å². The van der Waals surface area contributed by atoms with Crippen LogP contribution in [0.2, 0.25) is 0 Å². The van der Waals surface area contributed by atoms with Crippen LogP contribution in [0.15, 0.2) is 17.5 Å². The molecule has 0 saturated carbocycles. The van der Waals surface area contributed by atoms with Gasteiger partial charge in [0.1, 0.15) is 5.75 Å². The van der Waals surface area contributed by atoms with Crippen molar-refractivity contribution < 1.29 is 9.90 Å². The molecule has 2 nitrogen and oxygen atoms in total. The molecular weight excluding hydrogens is 184 g/mol. The second-order valence-corrected chi connectivity index (χ2v) is 3.85. The zero-order valence-corrected chi connectivity index (χ0v) is 7.89. The number of aromatic hydroxyl groups is 1. The first-order valence-corrected chi connectivity index (χ1v) is 4.76. The van der Waals surface area contributed by atoms with E-state index in [0.717, 1.165) is 21.9 Å². The number of aldehydes is 1. The highest BCUT2D eigenvalue weighted by Crippen LogP contribution is 2.33. The topological polar surface area (TPSA) is 37.3 Å². The molecule has 0 bridgehead atoms. The molecule has 0 aliphatic heterocycles. The standard InChI is InChI=1S/C10H8O2S/c1-6-2-7(4-11)10-8(3-6)9(12)5-13-10/h2-5,12H,1H3. The van der Waals surface area contributed by atoms with Gasteiger partial charge in [0, 0.05) is 21.0 Å². The second kappa shape index (κ2) is 2.85. The molecule has 2 rings (SSSR count). The van der Waals surface area contributed by atoms with E-state index in [4.69, 9.17) is 0 Å². The lowest BCUT2D eigenvalue weighted by molar-refractivity contribution is 0.112. The molecular formula is C10H8O2S. The maximum Gasteiger partial charge on any atom is 0.151 e. The maximum atomic E-state index is 10.7. The summed E-state index contributed by atoms with van der Waals surface area (Å²) in [4.78, 5) is 10.7. The Bertz CT molecular complexity index is 471. The first-order valence-electron chi connectivity index (χ1n) is 3.88. The summed E-state index contributed by atoms with van der Waals surface area (Å²) in [6, 6.07) is 3.71. The van der Waals surface area contributed by atoms with Gasteiger partial charge in [-0.1, -0.05) is 0 Å². The van der Waals surface area contributed by atoms with E-state index in [-0.39, 0.29) is 5.75 Å². The van der Waals surface area contributed by atoms with Gasteiger partial charge in [-0.2, -0.15) is 0 Å². The Balaban J connectivity index is 2.91. The number of hydrogen-bond donors (Lipinski definition) is 1. The van der Waals surface area contributed by atoms with E-state index in [0.29, 0.717) is 5.56 Å². The summed E-state index contributed by atoms with van der Waals surface area (Å²) in [6.45, 7) is 1.91. The molecule has 3 heteroatoms. The van der Waals surface area contributed by atoms with Gasteiger partial charge in [0.2, 0.25) is 0 Å². The first-order chi connectivity index (χ1) is 6.22. The zero-order chi connectivity index (χ0) is 9.42. The van der Waals surface area contributed by atoms with Crippen molar-refractivity contribution in [3.8, 4) is 5.75 Å². The Morgan fingerprint density at radius 2 is 2.23 bits per heavy atom. The van der Waals surface area contributed by atoms with Crippen molar-refractivity contribution in [3.63, 3.8) is 0 Å². The Labute approximate surface area is 79.4 Å². The molecule has 0 spiro atoms. The summed E-state index contributed by atoms with van der Waals surface area (Å²) in [6.07, 6.45) is 0.825. The van der Waals surface area contributed by atoms with Gasteiger partial charge >= 0.3 is 0 Å². The summed E-state index contributed by atoms with van der Waals surface area (Å²) < 4.78 is 0.859. The molecule has 0 atom stereocenters.